The Bertz CT molecular complexity index is 1520. The molecular formula is C33H32N4OS2. The average molecular weight is 565 g/mol. The van der Waals surface area contributed by atoms with E-state index in [1.165, 1.54) is 22.2 Å². The lowest BCUT2D eigenvalue weighted by molar-refractivity contribution is -0.113. The van der Waals surface area contributed by atoms with Gasteiger partial charge in [-0.15, -0.1) is 11.8 Å². The first kappa shape index (κ1) is 26.7. The molecule has 2 aliphatic heterocycles. The fraction of sp³-hybridized carbons (Fsp3) is 0.242. The van der Waals surface area contributed by atoms with Gasteiger partial charge in [-0.3, -0.25) is 4.79 Å². The van der Waals surface area contributed by atoms with Gasteiger partial charge < -0.3 is 4.90 Å². The number of likely N-dealkylation sites (tertiary alicyclic amines) is 1. The zero-order valence-corrected chi connectivity index (χ0v) is 24.2. The molecule has 4 aromatic rings. The van der Waals surface area contributed by atoms with E-state index >= 15 is 0 Å². The number of piperidine rings is 1. The maximum absolute atomic E-state index is 13.0. The van der Waals surface area contributed by atoms with Crippen LogP contribution in [0.3, 0.4) is 0 Å². The van der Waals surface area contributed by atoms with Gasteiger partial charge in [-0.2, -0.15) is 10.1 Å². The second-order valence-corrected chi connectivity index (χ2v) is 12.4. The quantitative estimate of drug-likeness (QED) is 0.171. The first-order valence-electron chi connectivity index (χ1n) is 13.9. The summed E-state index contributed by atoms with van der Waals surface area (Å²) in [6.45, 7) is 4.02. The van der Waals surface area contributed by atoms with Crippen LogP contribution in [0.1, 0.15) is 30.9 Å². The predicted octanol–water partition coefficient (Wildman–Crippen LogP) is 7.58. The summed E-state index contributed by atoms with van der Waals surface area (Å²) < 4.78 is 1.89. The van der Waals surface area contributed by atoms with Crippen molar-refractivity contribution in [3.63, 3.8) is 0 Å². The van der Waals surface area contributed by atoms with Crippen molar-refractivity contribution in [1.29, 1.82) is 0 Å². The fourth-order valence-electron chi connectivity index (χ4n) is 5.26. The van der Waals surface area contributed by atoms with Gasteiger partial charge in [0.25, 0.3) is 5.91 Å². The van der Waals surface area contributed by atoms with Crippen molar-refractivity contribution in [1.82, 2.24) is 14.7 Å². The minimum atomic E-state index is -0.167. The van der Waals surface area contributed by atoms with Crippen LogP contribution in [-0.2, 0) is 11.2 Å². The van der Waals surface area contributed by atoms with Crippen LogP contribution in [0.2, 0.25) is 0 Å². The maximum Gasteiger partial charge on any atom is 0.286 e. The molecule has 0 unspecified atom stereocenters. The van der Waals surface area contributed by atoms with E-state index in [0.717, 1.165) is 65.8 Å². The zero-order valence-electron chi connectivity index (χ0n) is 22.6. The molecule has 5 nitrogen and oxygen atoms in total. The van der Waals surface area contributed by atoms with Crippen molar-refractivity contribution in [3.05, 3.63) is 107 Å². The van der Waals surface area contributed by atoms with E-state index in [0.29, 0.717) is 10.8 Å². The molecule has 3 aromatic carbocycles. The summed E-state index contributed by atoms with van der Waals surface area (Å²) >= 11 is 3.31. The molecule has 1 saturated heterocycles. The van der Waals surface area contributed by atoms with Crippen LogP contribution in [0.5, 0.6) is 0 Å². The highest BCUT2D eigenvalue weighted by Gasteiger charge is 2.29. The fourth-order valence-corrected chi connectivity index (χ4v) is 6.87. The van der Waals surface area contributed by atoms with E-state index in [1.54, 1.807) is 0 Å². The van der Waals surface area contributed by atoms with Crippen LogP contribution < -0.4 is 0 Å². The van der Waals surface area contributed by atoms with Crippen molar-refractivity contribution in [2.45, 2.75) is 31.1 Å². The lowest BCUT2D eigenvalue weighted by Gasteiger charge is -2.32. The van der Waals surface area contributed by atoms with Crippen LogP contribution in [0.15, 0.2) is 106 Å². The van der Waals surface area contributed by atoms with Gasteiger partial charge in [0.15, 0.2) is 5.17 Å². The van der Waals surface area contributed by atoms with Crippen LogP contribution in [-0.4, -0.2) is 44.6 Å². The Balaban J connectivity index is 1.20. The van der Waals surface area contributed by atoms with Gasteiger partial charge in [-0.25, -0.2) is 4.68 Å². The number of amidine groups is 1. The molecule has 3 heterocycles. The Kier molecular flexibility index (Phi) is 8.21. The largest absolute Gasteiger partial charge is 0.351 e. The lowest BCUT2D eigenvalue weighted by atomic mass is 9.90. The summed E-state index contributed by atoms with van der Waals surface area (Å²) in [5.74, 6) is 1.54. The average Bonchev–Trinajstić information content (AvgIpc) is 3.59. The van der Waals surface area contributed by atoms with Crippen molar-refractivity contribution in [2.24, 2.45) is 10.9 Å². The van der Waals surface area contributed by atoms with E-state index in [9.17, 15) is 4.79 Å². The number of carbonyl (C=O) groups excluding carboxylic acids is 1. The van der Waals surface area contributed by atoms with Gasteiger partial charge in [0.2, 0.25) is 0 Å². The lowest BCUT2D eigenvalue weighted by Crippen LogP contribution is -2.37. The molecule has 0 atom stereocenters. The molecule has 1 aromatic heterocycles. The Morgan fingerprint density at radius 2 is 1.65 bits per heavy atom. The molecule has 0 spiro atoms. The van der Waals surface area contributed by atoms with E-state index in [2.05, 4.69) is 71.4 Å². The molecule has 0 aliphatic carbocycles. The van der Waals surface area contributed by atoms with E-state index < -0.39 is 0 Å². The summed E-state index contributed by atoms with van der Waals surface area (Å²) in [5.41, 5.74) is 5.17. The summed E-state index contributed by atoms with van der Waals surface area (Å²) in [6, 6.07) is 29.3. The van der Waals surface area contributed by atoms with Gasteiger partial charge in [0, 0.05) is 35.3 Å². The van der Waals surface area contributed by atoms with Gasteiger partial charge in [-0.1, -0.05) is 67.6 Å². The number of carbonyl (C=O) groups is 1. The third-order valence-electron chi connectivity index (χ3n) is 7.35. The highest BCUT2D eigenvalue weighted by Crippen LogP contribution is 2.35. The number of para-hydroxylation sites is 1. The second kappa shape index (κ2) is 12.3. The third kappa shape index (κ3) is 6.11. The van der Waals surface area contributed by atoms with Gasteiger partial charge >= 0.3 is 0 Å². The van der Waals surface area contributed by atoms with E-state index in [1.807, 2.05) is 59.0 Å². The third-order valence-corrected chi connectivity index (χ3v) is 9.29. The van der Waals surface area contributed by atoms with Crippen molar-refractivity contribution in [2.75, 3.05) is 18.8 Å². The Morgan fingerprint density at radius 3 is 2.35 bits per heavy atom. The molecule has 6 rings (SSSR count). The Morgan fingerprint density at radius 1 is 0.950 bits per heavy atom. The first-order valence-corrected chi connectivity index (χ1v) is 15.7. The number of thioether (sulfide) groups is 2. The molecule has 0 radical (unpaired) electrons. The van der Waals surface area contributed by atoms with Crippen LogP contribution >= 0.6 is 23.5 Å². The monoisotopic (exact) mass is 564 g/mol. The predicted molar refractivity (Wildman–Crippen MR) is 168 cm³/mol. The zero-order chi connectivity index (χ0) is 27.3. The van der Waals surface area contributed by atoms with Crippen LogP contribution in [0.4, 0.5) is 0 Å². The molecule has 7 heteroatoms. The second-order valence-electron chi connectivity index (χ2n) is 10.1. The number of hydrogen-bond acceptors (Lipinski definition) is 5. The number of aliphatic imine (C=N–C) groups is 1. The number of benzene rings is 3. The highest BCUT2D eigenvalue weighted by molar-refractivity contribution is 8.18. The molecule has 0 bridgehead atoms. The van der Waals surface area contributed by atoms with Gasteiger partial charge in [0.05, 0.1) is 16.3 Å². The smallest absolute Gasteiger partial charge is 0.286 e. The summed E-state index contributed by atoms with van der Waals surface area (Å²) in [6.07, 6.45) is 7.31. The van der Waals surface area contributed by atoms with E-state index in [4.69, 9.17) is 5.10 Å². The van der Waals surface area contributed by atoms with Crippen molar-refractivity contribution < 1.29 is 4.79 Å². The maximum atomic E-state index is 13.0. The molecule has 0 N–H and O–H groups in total. The molecule has 2 aliphatic rings. The minimum Gasteiger partial charge on any atom is -0.351 e. The van der Waals surface area contributed by atoms with Crippen LogP contribution in [0.25, 0.3) is 23.0 Å². The van der Waals surface area contributed by atoms with Crippen LogP contribution in [0, 0.1) is 5.92 Å². The van der Waals surface area contributed by atoms with E-state index in [-0.39, 0.29) is 5.91 Å². The Hall–Kier alpha value is -3.55. The number of nitrogens with zero attached hydrogens (tertiary/aromatic N) is 4. The molecule has 1 fully saturated rings. The highest BCUT2D eigenvalue weighted by atomic mass is 32.2. The van der Waals surface area contributed by atoms with Crippen molar-refractivity contribution in [3.8, 4) is 16.9 Å². The molecule has 202 valence electrons. The topological polar surface area (TPSA) is 50.5 Å². The number of amides is 1. The summed E-state index contributed by atoms with van der Waals surface area (Å²) in [7, 11) is 0. The summed E-state index contributed by atoms with van der Waals surface area (Å²) in [4.78, 5) is 21.7. The standard InChI is InChI=1S/C33H32N4OS2/c1-2-39-29-15-13-26(14-16-29)31-27(23-37(35-31)28-11-7-4-8-12-28)22-30-32(38)34-33(40-30)36-19-17-25(18-20-36)21-24-9-5-3-6-10-24/h3-16,22-23,25H,2,17-21H2,1H3. The van der Waals surface area contributed by atoms with Gasteiger partial charge in [0.1, 0.15) is 0 Å². The molecule has 40 heavy (non-hydrogen) atoms. The summed E-state index contributed by atoms with van der Waals surface area (Å²) in [5, 5.41) is 5.77. The molecular weight excluding hydrogens is 533 g/mol. The van der Waals surface area contributed by atoms with Gasteiger partial charge in [-0.05, 0) is 78.6 Å². The van der Waals surface area contributed by atoms with Crippen molar-refractivity contribution >= 4 is 40.7 Å². The SMILES string of the molecule is CCSc1ccc(-c2nn(-c3ccccc3)cc2C=C2SC(N3CCC(Cc4ccccc4)CC3)=NC2=O)cc1. The normalized spacial score (nSPS) is 17.0. The molecule has 1 amide bonds. The number of hydrogen-bond donors (Lipinski definition) is 0. The minimum absolute atomic E-state index is 0.167. The number of rotatable bonds is 7. The Labute approximate surface area is 244 Å². The molecule has 0 saturated carbocycles. The first-order chi connectivity index (χ1) is 19.7. The number of aromatic nitrogens is 2.